The topological polar surface area (TPSA) is 64.3 Å². The quantitative estimate of drug-likeness (QED) is 0.725. The smallest absolute Gasteiger partial charge is 0.236 e. The van der Waals surface area contributed by atoms with E-state index in [1.54, 1.807) is 17.3 Å². The molecule has 1 aliphatic heterocycles. The van der Waals surface area contributed by atoms with E-state index in [1.807, 2.05) is 7.05 Å². The van der Waals surface area contributed by atoms with E-state index in [-0.39, 0.29) is 5.91 Å². The van der Waals surface area contributed by atoms with Crippen LogP contribution < -0.4 is 5.32 Å². The van der Waals surface area contributed by atoms with Crippen LogP contribution in [0.4, 0.5) is 0 Å². The van der Waals surface area contributed by atoms with Gasteiger partial charge in [-0.15, -0.1) is 0 Å². The van der Waals surface area contributed by atoms with Gasteiger partial charge in [-0.05, 0) is 0 Å². The summed E-state index contributed by atoms with van der Waals surface area (Å²) in [6.45, 7) is 4.86. The second kappa shape index (κ2) is 5.79. The van der Waals surface area contributed by atoms with Crippen molar-refractivity contribution in [1.82, 2.24) is 25.1 Å². The molecule has 0 atom stereocenters. The largest absolute Gasteiger partial charge is 0.347 e. The van der Waals surface area contributed by atoms with E-state index in [9.17, 15) is 4.79 Å². The highest BCUT2D eigenvalue weighted by Crippen LogP contribution is 1.99. The first-order chi connectivity index (χ1) is 8.25. The highest BCUT2D eigenvalue weighted by Gasteiger charge is 2.16. The van der Waals surface area contributed by atoms with Gasteiger partial charge in [0.2, 0.25) is 5.91 Å². The molecule has 0 unspecified atom stereocenters. The van der Waals surface area contributed by atoms with Gasteiger partial charge in [0.1, 0.15) is 5.82 Å². The molecule has 1 aliphatic rings. The van der Waals surface area contributed by atoms with Gasteiger partial charge in [0, 0.05) is 45.6 Å². The van der Waals surface area contributed by atoms with Crippen LogP contribution in [0.25, 0.3) is 0 Å². The molecule has 6 heteroatoms. The lowest BCUT2D eigenvalue weighted by Gasteiger charge is -2.28. The summed E-state index contributed by atoms with van der Waals surface area (Å²) in [6.07, 6.45) is 3.47. The Morgan fingerprint density at radius 1 is 1.53 bits per heavy atom. The molecule has 2 rings (SSSR count). The number of hydrogen-bond donors (Lipinski definition) is 2. The summed E-state index contributed by atoms with van der Waals surface area (Å²) in [6, 6.07) is 0. The molecule has 17 heavy (non-hydrogen) atoms. The van der Waals surface area contributed by atoms with Crippen LogP contribution in [0.15, 0.2) is 12.4 Å². The molecule has 1 amide bonds. The number of carbonyl (C=O) groups is 1. The molecule has 0 aliphatic carbocycles. The molecule has 0 saturated carbocycles. The molecule has 0 bridgehead atoms. The molecule has 1 aromatic rings. The molecular weight excluding hydrogens is 218 g/mol. The van der Waals surface area contributed by atoms with Crippen molar-refractivity contribution in [2.45, 2.75) is 6.54 Å². The van der Waals surface area contributed by atoms with Crippen LogP contribution in [0.5, 0.6) is 0 Å². The predicted molar refractivity (Wildman–Crippen MR) is 64.4 cm³/mol. The molecule has 1 aromatic heterocycles. The average Bonchev–Trinajstić information content (AvgIpc) is 2.83. The van der Waals surface area contributed by atoms with Crippen molar-refractivity contribution in [3.63, 3.8) is 0 Å². The van der Waals surface area contributed by atoms with Crippen LogP contribution in [0, 0.1) is 0 Å². The van der Waals surface area contributed by atoms with Gasteiger partial charge < -0.3 is 15.2 Å². The molecule has 6 nitrogen and oxygen atoms in total. The molecule has 0 aromatic carbocycles. The summed E-state index contributed by atoms with van der Waals surface area (Å²) in [5, 5.41) is 3.27. The Hall–Kier alpha value is -1.40. The zero-order valence-electron chi connectivity index (χ0n) is 10.1. The molecule has 1 fully saturated rings. The molecule has 1 saturated heterocycles. The Morgan fingerprint density at radius 2 is 2.29 bits per heavy atom. The maximum atomic E-state index is 12.0. The Bertz CT molecular complexity index is 345. The Kier molecular flexibility index (Phi) is 4.11. The first kappa shape index (κ1) is 12.1. The molecule has 0 radical (unpaired) electrons. The summed E-state index contributed by atoms with van der Waals surface area (Å²) in [5.41, 5.74) is 0. The summed E-state index contributed by atoms with van der Waals surface area (Å²) in [4.78, 5) is 23.0. The monoisotopic (exact) mass is 237 g/mol. The van der Waals surface area contributed by atoms with Gasteiger partial charge in [-0.1, -0.05) is 0 Å². The predicted octanol–water partition coefficient (Wildman–Crippen LogP) is -0.727. The van der Waals surface area contributed by atoms with Crippen molar-refractivity contribution in [3.8, 4) is 0 Å². The number of carbonyl (C=O) groups excluding carboxylic acids is 1. The van der Waals surface area contributed by atoms with Crippen LogP contribution in [-0.2, 0) is 11.3 Å². The van der Waals surface area contributed by atoms with Crippen molar-refractivity contribution < 1.29 is 4.79 Å². The molecule has 2 N–H and O–H groups in total. The van der Waals surface area contributed by atoms with Gasteiger partial charge >= 0.3 is 0 Å². The Morgan fingerprint density at radius 3 is 2.94 bits per heavy atom. The standard InChI is InChI=1S/C11H19N5O/c1-15(8-10-13-2-3-14-10)11(17)9-16-6-4-12-5-7-16/h2-3,12H,4-9H2,1H3,(H,13,14). The van der Waals surface area contributed by atoms with Crippen molar-refractivity contribution in [3.05, 3.63) is 18.2 Å². The Labute approximate surface area is 101 Å². The van der Waals surface area contributed by atoms with E-state index >= 15 is 0 Å². The van der Waals surface area contributed by atoms with E-state index in [2.05, 4.69) is 20.2 Å². The van der Waals surface area contributed by atoms with E-state index in [1.165, 1.54) is 0 Å². The summed E-state index contributed by atoms with van der Waals surface area (Å²) in [7, 11) is 1.81. The zero-order chi connectivity index (χ0) is 12.1. The zero-order valence-corrected chi connectivity index (χ0v) is 10.1. The first-order valence-electron chi connectivity index (χ1n) is 5.91. The lowest BCUT2D eigenvalue weighted by atomic mass is 10.3. The van der Waals surface area contributed by atoms with Crippen molar-refractivity contribution in [2.75, 3.05) is 39.8 Å². The Balaban J connectivity index is 1.78. The lowest BCUT2D eigenvalue weighted by molar-refractivity contribution is -0.131. The minimum absolute atomic E-state index is 0.142. The fraction of sp³-hybridized carbons (Fsp3) is 0.636. The number of likely N-dealkylation sites (N-methyl/N-ethyl adjacent to an activating group) is 1. The van der Waals surface area contributed by atoms with E-state index in [0.717, 1.165) is 32.0 Å². The van der Waals surface area contributed by atoms with Crippen molar-refractivity contribution >= 4 is 5.91 Å². The number of rotatable bonds is 4. The number of nitrogens with one attached hydrogen (secondary N) is 2. The minimum Gasteiger partial charge on any atom is -0.347 e. The number of imidazole rings is 1. The van der Waals surface area contributed by atoms with Crippen LogP contribution >= 0.6 is 0 Å². The number of aromatic amines is 1. The highest BCUT2D eigenvalue weighted by atomic mass is 16.2. The second-order valence-electron chi connectivity index (χ2n) is 4.31. The lowest BCUT2D eigenvalue weighted by Crippen LogP contribution is -2.47. The number of piperazine rings is 1. The van der Waals surface area contributed by atoms with E-state index in [0.29, 0.717) is 13.1 Å². The third-order valence-electron chi connectivity index (χ3n) is 2.94. The summed E-state index contributed by atoms with van der Waals surface area (Å²) < 4.78 is 0. The number of H-pyrrole nitrogens is 1. The van der Waals surface area contributed by atoms with Gasteiger partial charge in [0.15, 0.2) is 0 Å². The van der Waals surface area contributed by atoms with Gasteiger partial charge in [-0.2, -0.15) is 0 Å². The number of aromatic nitrogens is 2. The fourth-order valence-corrected chi connectivity index (χ4v) is 1.88. The first-order valence-corrected chi connectivity index (χ1v) is 5.91. The van der Waals surface area contributed by atoms with E-state index in [4.69, 9.17) is 0 Å². The SMILES string of the molecule is CN(Cc1ncc[nH]1)C(=O)CN1CCNCC1. The summed E-state index contributed by atoms with van der Waals surface area (Å²) >= 11 is 0. The van der Waals surface area contributed by atoms with Gasteiger partial charge in [-0.3, -0.25) is 9.69 Å². The fourth-order valence-electron chi connectivity index (χ4n) is 1.88. The van der Waals surface area contributed by atoms with E-state index < -0.39 is 0 Å². The molecule has 2 heterocycles. The van der Waals surface area contributed by atoms with Crippen LogP contribution in [0.2, 0.25) is 0 Å². The van der Waals surface area contributed by atoms with Gasteiger partial charge in [-0.25, -0.2) is 4.98 Å². The molecule has 0 spiro atoms. The highest BCUT2D eigenvalue weighted by molar-refractivity contribution is 5.77. The minimum atomic E-state index is 0.142. The number of amides is 1. The average molecular weight is 237 g/mol. The van der Waals surface area contributed by atoms with Crippen LogP contribution in [-0.4, -0.2) is 65.4 Å². The van der Waals surface area contributed by atoms with Crippen LogP contribution in [0.3, 0.4) is 0 Å². The number of hydrogen-bond acceptors (Lipinski definition) is 4. The normalized spacial score (nSPS) is 17.0. The van der Waals surface area contributed by atoms with Gasteiger partial charge in [0.25, 0.3) is 0 Å². The summed E-state index contributed by atoms with van der Waals surface area (Å²) in [5.74, 6) is 0.962. The molecule has 94 valence electrons. The van der Waals surface area contributed by atoms with Crippen LogP contribution in [0.1, 0.15) is 5.82 Å². The molecular formula is C11H19N5O. The third-order valence-corrected chi connectivity index (χ3v) is 2.94. The maximum Gasteiger partial charge on any atom is 0.236 e. The van der Waals surface area contributed by atoms with Gasteiger partial charge in [0.05, 0.1) is 13.1 Å². The number of nitrogens with zero attached hydrogens (tertiary/aromatic N) is 3. The third kappa shape index (κ3) is 3.54. The van der Waals surface area contributed by atoms with Crippen molar-refractivity contribution in [1.29, 1.82) is 0 Å². The second-order valence-corrected chi connectivity index (χ2v) is 4.31. The van der Waals surface area contributed by atoms with Crippen molar-refractivity contribution in [2.24, 2.45) is 0 Å². The maximum absolute atomic E-state index is 12.0.